The first-order valence-corrected chi connectivity index (χ1v) is 4.83. The molecule has 1 aromatic heterocycles. The van der Waals surface area contributed by atoms with Gasteiger partial charge in [0.25, 0.3) is 0 Å². The lowest BCUT2D eigenvalue weighted by Crippen LogP contribution is -2.37. The molecule has 1 atom stereocenters. The van der Waals surface area contributed by atoms with Crippen molar-refractivity contribution >= 4 is 21.9 Å². The second-order valence-electron chi connectivity index (χ2n) is 3.41. The zero-order chi connectivity index (χ0) is 10.9. The minimum Gasteiger partial charge on any atom is -0.479 e. The molecule has 0 amide bonds. The van der Waals surface area contributed by atoms with Gasteiger partial charge in [0.1, 0.15) is 5.76 Å². The summed E-state index contributed by atoms with van der Waals surface area (Å²) in [7, 11) is 0. The van der Waals surface area contributed by atoms with Crippen molar-refractivity contribution in [3.05, 3.63) is 22.1 Å². The van der Waals surface area contributed by atoms with Crippen LogP contribution in [0.15, 0.2) is 15.2 Å². The van der Waals surface area contributed by atoms with Crippen LogP contribution >= 0.6 is 15.9 Å². The molecule has 0 spiro atoms. The predicted octanol–water partition coefficient (Wildman–Crippen LogP) is 1.73. The molecule has 1 aromatic rings. The minimum atomic E-state index is -1.79. The van der Waals surface area contributed by atoms with Crippen molar-refractivity contribution in [1.29, 1.82) is 0 Å². The molecule has 2 N–H and O–H groups in total. The monoisotopic (exact) mass is 262 g/mol. The summed E-state index contributed by atoms with van der Waals surface area (Å²) in [5.41, 5.74) is -0.972. The maximum atomic E-state index is 10.6. The lowest BCUT2D eigenvalue weighted by Gasteiger charge is -2.16. The Labute approximate surface area is 89.7 Å². The fourth-order valence-electron chi connectivity index (χ4n) is 1.04. The fourth-order valence-corrected chi connectivity index (χ4v) is 1.58. The first kappa shape index (κ1) is 11.3. The van der Waals surface area contributed by atoms with Crippen molar-refractivity contribution < 1.29 is 19.4 Å². The summed E-state index contributed by atoms with van der Waals surface area (Å²) >= 11 is 3.13. The Kier molecular flexibility index (Phi) is 3.01. The van der Waals surface area contributed by atoms with E-state index in [1.165, 1.54) is 6.92 Å². The topological polar surface area (TPSA) is 70.7 Å². The number of carboxylic acids is 1. The summed E-state index contributed by atoms with van der Waals surface area (Å²) in [6.07, 6.45) is -0.0419. The third kappa shape index (κ3) is 2.36. The van der Waals surface area contributed by atoms with Crippen LogP contribution in [0, 0.1) is 6.92 Å². The number of rotatable bonds is 3. The number of aliphatic carboxylic acids is 1. The number of furan rings is 1. The lowest BCUT2D eigenvalue weighted by atomic mass is 10.00. The van der Waals surface area contributed by atoms with Gasteiger partial charge in [-0.3, -0.25) is 0 Å². The molecule has 0 aliphatic carbocycles. The Balaban J connectivity index is 2.88. The van der Waals surface area contributed by atoms with E-state index in [2.05, 4.69) is 15.9 Å². The zero-order valence-corrected chi connectivity index (χ0v) is 9.46. The molecule has 0 aliphatic rings. The largest absolute Gasteiger partial charge is 0.479 e. The number of carboxylic acid groups (broad SMARTS) is 1. The lowest BCUT2D eigenvalue weighted by molar-refractivity contribution is -0.156. The summed E-state index contributed by atoms with van der Waals surface area (Å²) in [4.78, 5) is 10.6. The molecular formula is C9H11BrO4. The molecule has 0 fully saturated rings. The van der Waals surface area contributed by atoms with Gasteiger partial charge < -0.3 is 14.6 Å². The van der Waals surface area contributed by atoms with E-state index in [0.717, 1.165) is 5.56 Å². The van der Waals surface area contributed by atoms with Gasteiger partial charge in [0, 0.05) is 6.42 Å². The van der Waals surface area contributed by atoms with Gasteiger partial charge in [-0.15, -0.1) is 0 Å². The molecule has 1 unspecified atom stereocenters. The third-order valence-corrected chi connectivity index (χ3v) is 2.35. The molecule has 0 aromatic carbocycles. The normalized spacial score (nSPS) is 15.1. The maximum Gasteiger partial charge on any atom is 0.335 e. The van der Waals surface area contributed by atoms with Crippen LogP contribution in [0.5, 0.6) is 0 Å². The Morgan fingerprint density at radius 1 is 1.71 bits per heavy atom. The second-order valence-corrected chi connectivity index (χ2v) is 4.19. The molecule has 4 nitrogen and oxygen atoms in total. The van der Waals surface area contributed by atoms with E-state index in [9.17, 15) is 9.90 Å². The van der Waals surface area contributed by atoms with Crippen LogP contribution in [0.4, 0.5) is 0 Å². The van der Waals surface area contributed by atoms with Crippen LogP contribution in [-0.4, -0.2) is 21.8 Å². The highest BCUT2D eigenvalue weighted by Crippen LogP contribution is 2.23. The highest BCUT2D eigenvalue weighted by Gasteiger charge is 2.32. The molecule has 0 bridgehead atoms. The van der Waals surface area contributed by atoms with E-state index < -0.39 is 11.6 Å². The van der Waals surface area contributed by atoms with Crippen molar-refractivity contribution in [3.63, 3.8) is 0 Å². The van der Waals surface area contributed by atoms with Crippen LogP contribution in [0.2, 0.25) is 0 Å². The van der Waals surface area contributed by atoms with Crippen LogP contribution in [0.25, 0.3) is 0 Å². The minimum absolute atomic E-state index is 0.0419. The Bertz CT molecular complexity index is 354. The molecule has 5 heteroatoms. The zero-order valence-electron chi connectivity index (χ0n) is 7.87. The first-order valence-electron chi connectivity index (χ1n) is 4.03. The Morgan fingerprint density at radius 2 is 2.29 bits per heavy atom. The summed E-state index contributed by atoms with van der Waals surface area (Å²) in [5.74, 6) is -0.784. The van der Waals surface area contributed by atoms with Crippen LogP contribution < -0.4 is 0 Å². The summed E-state index contributed by atoms with van der Waals surface area (Å²) in [6.45, 7) is 3.03. The van der Waals surface area contributed by atoms with Gasteiger partial charge in [-0.05, 0) is 41.4 Å². The summed E-state index contributed by atoms with van der Waals surface area (Å²) in [6, 6.07) is 1.73. The van der Waals surface area contributed by atoms with Crippen molar-refractivity contribution in [3.8, 4) is 0 Å². The van der Waals surface area contributed by atoms with E-state index in [0.29, 0.717) is 10.4 Å². The highest BCUT2D eigenvalue weighted by atomic mass is 79.9. The van der Waals surface area contributed by atoms with E-state index in [4.69, 9.17) is 9.52 Å². The molecule has 1 heterocycles. The van der Waals surface area contributed by atoms with Gasteiger partial charge in [0.15, 0.2) is 10.3 Å². The van der Waals surface area contributed by atoms with Crippen LogP contribution in [0.3, 0.4) is 0 Å². The van der Waals surface area contributed by atoms with Gasteiger partial charge in [0.2, 0.25) is 0 Å². The van der Waals surface area contributed by atoms with Crippen molar-refractivity contribution in [2.24, 2.45) is 0 Å². The second kappa shape index (κ2) is 3.74. The van der Waals surface area contributed by atoms with E-state index >= 15 is 0 Å². The van der Waals surface area contributed by atoms with Crippen LogP contribution in [0.1, 0.15) is 18.2 Å². The summed E-state index contributed by atoms with van der Waals surface area (Å²) < 4.78 is 5.73. The smallest absolute Gasteiger partial charge is 0.335 e. The number of hydrogen-bond donors (Lipinski definition) is 2. The molecule has 14 heavy (non-hydrogen) atoms. The van der Waals surface area contributed by atoms with Crippen LogP contribution in [-0.2, 0) is 11.2 Å². The molecule has 78 valence electrons. The third-order valence-electron chi connectivity index (χ3n) is 1.96. The van der Waals surface area contributed by atoms with Gasteiger partial charge in [-0.1, -0.05) is 0 Å². The average Bonchev–Trinajstić information content (AvgIpc) is 2.29. The molecule has 0 saturated heterocycles. The van der Waals surface area contributed by atoms with Gasteiger partial charge in [0.05, 0.1) is 0 Å². The van der Waals surface area contributed by atoms with Gasteiger partial charge >= 0.3 is 5.97 Å². The number of carbonyl (C=O) groups is 1. The van der Waals surface area contributed by atoms with E-state index in [1.54, 1.807) is 13.0 Å². The maximum absolute atomic E-state index is 10.6. The number of halogens is 1. The molecule has 0 radical (unpaired) electrons. The van der Waals surface area contributed by atoms with E-state index in [-0.39, 0.29) is 6.42 Å². The van der Waals surface area contributed by atoms with Crippen molar-refractivity contribution in [2.45, 2.75) is 25.9 Å². The fraction of sp³-hybridized carbons (Fsp3) is 0.444. The Morgan fingerprint density at radius 3 is 2.64 bits per heavy atom. The predicted molar refractivity (Wildman–Crippen MR) is 53.1 cm³/mol. The molecular weight excluding hydrogens is 252 g/mol. The molecule has 0 saturated carbocycles. The SMILES string of the molecule is Cc1cc(Br)oc1CC(C)(O)C(=O)O. The molecule has 0 aliphatic heterocycles. The number of aryl methyl sites for hydroxylation is 1. The quantitative estimate of drug-likeness (QED) is 0.871. The van der Waals surface area contributed by atoms with Crippen molar-refractivity contribution in [2.75, 3.05) is 0 Å². The number of aliphatic hydroxyl groups is 1. The average molecular weight is 263 g/mol. The summed E-state index contributed by atoms with van der Waals surface area (Å²) in [5, 5.41) is 18.2. The Hall–Kier alpha value is -0.810. The van der Waals surface area contributed by atoms with Gasteiger partial charge in [-0.2, -0.15) is 0 Å². The first-order chi connectivity index (χ1) is 6.33. The van der Waals surface area contributed by atoms with Gasteiger partial charge in [-0.25, -0.2) is 4.79 Å². The number of hydrogen-bond acceptors (Lipinski definition) is 3. The molecule has 1 rings (SSSR count). The highest BCUT2D eigenvalue weighted by molar-refractivity contribution is 9.10. The van der Waals surface area contributed by atoms with E-state index in [1.807, 2.05) is 0 Å². The van der Waals surface area contributed by atoms with Crippen molar-refractivity contribution in [1.82, 2.24) is 0 Å². The standard InChI is InChI=1S/C9H11BrO4/c1-5-3-7(10)14-6(5)4-9(2,13)8(11)12/h3,13H,4H2,1-2H3,(H,11,12).